The molecule has 2 N–H and O–H groups in total. The van der Waals surface area contributed by atoms with Crippen molar-refractivity contribution >= 4 is 17.5 Å². The number of pyridine rings is 1. The zero-order valence-electron chi connectivity index (χ0n) is 13.4. The molecule has 6 heteroatoms. The molecular weight excluding hydrogens is 328 g/mol. The summed E-state index contributed by atoms with van der Waals surface area (Å²) in [6.07, 6.45) is 2.78. The third-order valence-electron chi connectivity index (χ3n) is 4.24. The monoisotopic (exact) mass is 346 g/mol. The quantitative estimate of drug-likeness (QED) is 0.893. The lowest BCUT2D eigenvalue weighted by molar-refractivity contribution is 0.0876. The number of hydrogen-bond donors (Lipinski definition) is 2. The Bertz CT molecular complexity index is 793. The van der Waals surface area contributed by atoms with E-state index in [2.05, 4.69) is 10.3 Å². The Kier molecular flexibility index (Phi) is 4.73. The number of aromatic amines is 1. The average Bonchev–Trinajstić information content (AvgIpc) is 2.97. The van der Waals surface area contributed by atoms with Gasteiger partial charge in [-0.15, -0.1) is 0 Å². The Balaban J connectivity index is 1.81. The highest BCUT2D eigenvalue weighted by molar-refractivity contribution is 6.30. The van der Waals surface area contributed by atoms with Crippen LogP contribution in [0.25, 0.3) is 0 Å². The number of hydrogen-bond acceptors (Lipinski definition) is 3. The molecule has 1 aliphatic heterocycles. The third kappa shape index (κ3) is 3.68. The number of benzene rings is 1. The van der Waals surface area contributed by atoms with Gasteiger partial charge in [-0.2, -0.15) is 0 Å². The zero-order valence-corrected chi connectivity index (χ0v) is 14.2. The number of aromatic nitrogens is 1. The molecule has 0 aliphatic carbocycles. The van der Waals surface area contributed by atoms with E-state index in [1.807, 2.05) is 24.3 Å². The predicted octanol–water partition coefficient (Wildman–Crippen LogP) is 2.47. The molecule has 1 fully saturated rings. The molecule has 1 aromatic carbocycles. The van der Waals surface area contributed by atoms with Crippen molar-refractivity contribution in [2.45, 2.75) is 25.3 Å². The molecule has 0 saturated carbocycles. The molecule has 2 aromatic rings. The minimum absolute atomic E-state index is 0.114. The van der Waals surface area contributed by atoms with Crippen LogP contribution >= 0.6 is 11.6 Å². The van der Waals surface area contributed by atoms with Crippen molar-refractivity contribution < 1.29 is 9.53 Å². The highest BCUT2D eigenvalue weighted by Crippen LogP contribution is 2.25. The van der Waals surface area contributed by atoms with Crippen molar-refractivity contribution in [1.82, 2.24) is 10.3 Å². The lowest BCUT2D eigenvalue weighted by Crippen LogP contribution is -2.51. The van der Waals surface area contributed by atoms with Gasteiger partial charge in [-0.05, 0) is 37.5 Å². The van der Waals surface area contributed by atoms with E-state index in [9.17, 15) is 9.59 Å². The maximum Gasteiger partial charge on any atom is 0.257 e. The van der Waals surface area contributed by atoms with Crippen molar-refractivity contribution in [3.8, 4) is 0 Å². The maximum absolute atomic E-state index is 12.6. The molecule has 0 unspecified atom stereocenters. The highest BCUT2D eigenvalue weighted by Gasteiger charge is 2.37. The standard InChI is InChI=1S/C18H19ClN2O3/c1-12-8-16(22)15(10-20-12)17(23)21-18(6-7-24-11-18)9-13-2-4-14(19)5-3-13/h2-5,8,10H,6-7,9,11H2,1H3,(H,20,22)(H,21,23)/t18-/m0/s1. The summed E-state index contributed by atoms with van der Waals surface area (Å²) in [6, 6.07) is 8.95. The number of halogens is 1. The summed E-state index contributed by atoms with van der Waals surface area (Å²) >= 11 is 5.92. The van der Waals surface area contributed by atoms with E-state index in [0.717, 1.165) is 11.3 Å². The van der Waals surface area contributed by atoms with Gasteiger partial charge in [0.05, 0.1) is 12.1 Å². The largest absolute Gasteiger partial charge is 0.379 e. The minimum Gasteiger partial charge on any atom is -0.379 e. The number of amides is 1. The molecule has 1 amide bonds. The summed E-state index contributed by atoms with van der Waals surface area (Å²) in [5.41, 5.74) is 1.09. The molecule has 1 aliphatic rings. The van der Waals surface area contributed by atoms with Gasteiger partial charge in [0.2, 0.25) is 0 Å². The van der Waals surface area contributed by atoms with Crippen LogP contribution in [0.2, 0.25) is 5.02 Å². The Morgan fingerprint density at radius 1 is 1.38 bits per heavy atom. The van der Waals surface area contributed by atoms with E-state index in [0.29, 0.717) is 31.1 Å². The molecule has 2 heterocycles. The molecule has 5 nitrogen and oxygen atoms in total. The number of H-pyrrole nitrogens is 1. The average molecular weight is 347 g/mol. The van der Waals surface area contributed by atoms with Crippen LogP contribution in [0.4, 0.5) is 0 Å². The summed E-state index contributed by atoms with van der Waals surface area (Å²) in [6.45, 7) is 2.78. The second kappa shape index (κ2) is 6.79. The molecule has 0 radical (unpaired) electrons. The van der Waals surface area contributed by atoms with E-state index >= 15 is 0 Å². The first kappa shape index (κ1) is 16.7. The van der Waals surface area contributed by atoms with Gasteiger partial charge >= 0.3 is 0 Å². The van der Waals surface area contributed by atoms with Gasteiger partial charge in [-0.25, -0.2) is 0 Å². The number of ether oxygens (including phenoxy) is 1. The Labute approximate surface area is 145 Å². The molecule has 0 spiro atoms. The Morgan fingerprint density at radius 3 is 2.75 bits per heavy atom. The number of carbonyl (C=O) groups is 1. The van der Waals surface area contributed by atoms with E-state index < -0.39 is 5.54 Å². The molecule has 0 bridgehead atoms. The Hall–Kier alpha value is -2.11. The number of rotatable bonds is 4. The van der Waals surface area contributed by atoms with Crippen molar-refractivity contribution in [2.75, 3.05) is 13.2 Å². The molecule has 126 valence electrons. The fraction of sp³-hybridized carbons (Fsp3) is 0.333. The third-order valence-corrected chi connectivity index (χ3v) is 4.49. The molecular formula is C18H19ClN2O3. The zero-order chi connectivity index (χ0) is 17.2. The van der Waals surface area contributed by atoms with Gasteiger partial charge in [-0.3, -0.25) is 9.59 Å². The highest BCUT2D eigenvalue weighted by atomic mass is 35.5. The smallest absolute Gasteiger partial charge is 0.257 e. The second-order valence-corrected chi connectivity index (χ2v) is 6.67. The summed E-state index contributed by atoms with van der Waals surface area (Å²) < 4.78 is 5.52. The SMILES string of the molecule is Cc1cc(=O)c(C(=O)N[C@]2(Cc3ccc(Cl)cc3)CCOC2)c[nH]1. The molecule has 3 rings (SSSR count). The summed E-state index contributed by atoms with van der Waals surface area (Å²) in [5.74, 6) is -0.379. The minimum atomic E-state index is -0.512. The van der Waals surface area contributed by atoms with Crippen molar-refractivity contribution in [3.63, 3.8) is 0 Å². The van der Waals surface area contributed by atoms with Gasteiger partial charge in [0.25, 0.3) is 5.91 Å². The van der Waals surface area contributed by atoms with Crippen LogP contribution in [0, 0.1) is 6.92 Å². The van der Waals surface area contributed by atoms with Crippen LogP contribution in [0.5, 0.6) is 0 Å². The van der Waals surface area contributed by atoms with E-state index in [4.69, 9.17) is 16.3 Å². The lowest BCUT2D eigenvalue weighted by atomic mass is 9.89. The van der Waals surface area contributed by atoms with Crippen molar-refractivity contribution in [3.05, 3.63) is 68.6 Å². The molecule has 1 saturated heterocycles. The topological polar surface area (TPSA) is 71.2 Å². The summed E-state index contributed by atoms with van der Waals surface area (Å²) in [4.78, 5) is 27.5. The van der Waals surface area contributed by atoms with Crippen LogP contribution in [0.15, 0.2) is 41.3 Å². The van der Waals surface area contributed by atoms with Crippen LogP contribution < -0.4 is 10.7 Å². The maximum atomic E-state index is 12.6. The van der Waals surface area contributed by atoms with Gasteiger partial charge in [0, 0.05) is 29.6 Å². The van der Waals surface area contributed by atoms with Crippen LogP contribution in [-0.4, -0.2) is 29.6 Å². The van der Waals surface area contributed by atoms with Gasteiger partial charge in [0.1, 0.15) is 5.56 Å². The first-order valence-electron chi connectivity index (χ1n) is 7.81. The molecule has 24 heavy (non-hydrogen) atoms. The Morgan fingerprint density at radius 2 is 2.12 bits per heavy atom. The number of aryl methyl sites for hydroxylation is 1. The number of carbonyl (C=O) groups excluding carboxylic acids is 1. The van der Waals surface area contributed by atoms with Gasteiger partial charge in [0.15, 0.2) is 5.43 Å². The van der Waals surface area contributed by atoms with E-state index in [1.54, 1.807) is 6.92 Å². The van der Waals surface area contributed by atoms with E-state index in [1.165, 1.54) is 12.3 Å². The van der Waals surface area contributed by atoms with Gasteiger partial charge < -0.3 is 15.0 Å². The molecule has 1 atom stereocenters. The van der Waals surface area contributed by atoms with Crippen molar-refractivity contribution in [2.24, 2.45) is 0 Å². The van der Waals surface area contributed by atoms with Crippen LogP contribution in [0.1, 0.15) is 28.0 Å². The normalized spacial score (nSPS) is 20.1. The second-order valence-electron chi connectivity index (χ2n) is 6.23. The fourth-order valence-electron chi connectivity index (χ4n) is 2.94. The lowest BCUT2D eigenvalue weighted by Gasteiger charge is -2.29. The van der Waals surface area contributed by atoms with Crippen LogP contribution in [-0.2, 0) is 11.2 Å². The first-order chi connectivity index (χ1) is 11.5. The molecule has 1 aromatic heterocycles. The fourth-order valence-corrected chi connectivity index (χ4v) is 3.07. The summed E-state index contributed by atoms with van der Waals surface area (Å²) in [7, 11) is 0. The summed E-state index contributed by atoms with van der Waals surface area (Å²) in [5, 5.41) is 3.69. The van der Waals surface area contributed by atoms with E-state index in [-0.39, 0.29) is 16.9 Å². The van der Waals surface area contributed by atoms with Crippen molar-refractivity contribution in [1.29, 1.82) is 0 Å². The van der Waals surface area contributed by atoms with Crippen LogP contribution in [0.3, 0.4) is 0 Å². The first-order valence-corrected chi connectivity index (χ1v) is 8.19. The van der Waals surface area contributed by atoms with Gasteiger partial charge in [-0.1, -0.05) is 23.7 Å². The predicted molar refractivity (Wildman–Crippen MR) is 92.6 cm³/mol. The number of nitrogens with one attached hydrogen (secondary N) is 2.